The maximum absolute atomic E-state index is 5.73. The van der Waals surface area contributed by atoms with Gasteiger partial charge in [0.05, 0.1) is 18.9 Å². The maximum Gasteiger partial charge on any atom is 0.161 e. The van der Waals surface area contributed by atoms with E-state index in [0.29, 0.717) is 17.9 Å². The second-order valence-corrected chi connectivity index (χ2v) is 5.23. The van der Waals surface area contributed by atoms with Crippen molar-refractivity contribution in [2.45, 2.75) is 20.3 Å². The zero-order valence-electron chi connectivity index (χ0n) is 11.5. The summed E-state index contributed by atoms with van der Waals surface area (Å²) in [6.07, 6.45) is 0.903. The molecule has 0 radical (unpaired) electrons. The molecule has 1 N–H and O–H groups in total. The molecule has 0 fully saturated rings. The summed E-state index contributed by atoms with van der Waals surface area (Å²) in [6.45, 7) is 5.26. The van der Waals surface area contributed by atoms with Gasteiger partial charge in [-0.2, -0.15) is 0 Å². The van der Waals surface area contributed by atoms with Crippen molar-refractivity contribution in [2.75, 3.05) is 13.2 Å². The van der Waals surface area contributed by atoms with Gasteiger partial charge in [0.1, 0.15) is 10.5 Å². The maximum atomic E-state index is 5.73. The largest absolute Gasteiger partial charge is 0.490 e. The standard InChI is InChI=1S/C15H16N2O2S/c1-9-14(16-10(2)17-15(9)20)11-4-5-12-13(8-11)19-7-3-6-18-12/h4-5,8H,3,6-7H2,1-2H3,(H,16,17,20). The van der Waals surface area contributed by atoms with Gasteiger partial charge in [-0.05, 0) is 32.0 Å². The number of aryl methyl sites for hydroxylation is 1. The highest BCUT2D eigenvalue weighted by atomic mass is 32.1. The minimum atomic E-state index is 0.628. The number of aromatic nitrogens is 2. The van der Waals surface area contributed by atoms with Crippen LogP contribution in [-0.4, -0.2) is 23.2 Å². The molecule has 1 aromatic heterocycles. The van der Waals surface area contributed by atoms with Crippen LogP contribution < -0.4 is 9.47 Å². The Morgan fingerprint density at radius 2 is 1.90 bits per heavy atom. The molecular weight excluding hydrogens is 272 g/mol. The van der Waals surface area contributed by atoms with Gasteiger partial charge in [0.25, 0.3) is 0 Å². The van der Waals surface area contributed by atoms with Gasteiger partial charge in [-0.15, -0.1) is 0 Å². The van der Waals surface area contributed by atoms with Gasteiger partial charge >= 0.3 is 0 Å². The van der Waals surface area contributed by atoms with E-state index in [4.69, 9.17) is 21.7 Å². The third kappa shape index (κ3) is 2.41. The van der Waals surface area contributed by atoms with E-state index >= 15 is 0 Å². The van der Waals surface area contributed by atoms with Crippen LogP contribution in [-0.2, 0) is 0 Å². The number of rotatable bonds is 1. The van der Waals surface area contributed by atoms with Crippen LogP contribution in [0, 0.1) is 18.5 Å². The molecule has 3 rings (SSSR count). The van der Waals surface area contributed by atoms with Crippen LogP contribution in [0.1, 0.15) is 17.8 Å². The predicted octanol–water partition coefficient (Wildman–Crippen LogP) is 3.58. The molecule has 2 aromatic rings. The second-order valence-electron chi connectivity index (χ2n) is 4.84. The van der Waals surface area contributed by atoms with E-state index in [1.807, 2.05) is 32.0 Å². The normalized spacial score (nSPS) is 13.9. The molecule has 1 aliphatic rings. The molecular formula is C15H16N2O2S. The first-order chi connectivity index (χ1) is 9.65. The third-order valence-electron chi connectivity index (χ3n) is 3.31. The highest BCUT2D eigenvalue weighted by Gasteiger charge is 2.13. The molecule has 0 spiro atoms. The van der Waals surface area contributed by atoms with Crippen molar-refractivity contribution in [1.82, 2.24) is 9.97 Å². The SMILES string of the molecule is Cc1nc(=S)c(C)c(-c2ccc3c(c2)OCCCO3)[nH]1. The number of hydrogen-bond donors (Lipinski definition) is 1. The monoisotopic (exact) mass is 288 g/mol. The molecule has 0 bridgehead atoms. The number of nitrogens with zero attached hydrogens (tertiary/aromatic N) is 1. The van der Waals surface area contributed by atoms with Crippen LogP contribution in [0.25, 0.3) is 11.3 Å². The Balaban J connectivity index is 2.12. The van der Waals surface area contributed by atoms with Gasteiger partial charge in [0, 0.05) is 17.5 Å². The lowest BCUT2D eigenvalue weighted by atomic mass is 10.1. The molecule has 1 aromatic carbocycles. The Labute approximate surface area is 122 Å². The van der Waals surface area contributed by atoms with E-state index in [-0.39, 0.29) is 0 Å². The van der Waals surface area contributed by atoms with Gasteiger partial charge < -0.3 is 14.5 Å². The lowest BCUT2D eigenvalue weighted by Crippen LogP contribution is -1.98. The number of benzene rings is 1. The molecule has 4 nitrogen and oxygen atoms in total. The average molecular weight is 288 g/mol. The Morgan fingerprint density at radius 1 is 1.15 bits per heavy atom. The Hall–Kier alpha value is -1.88. The van der Waals surface area contributed by atoms with Gasteiger partial charge in [-0.25, -0.2) is 4.98 Å². The minimum Gasteiger partial charge on any atom is -0.490 e. The van der Waals surface area contributed by atoms with E-state index in [1.54, 1.807) is 0 Å². The van der Waals surface area contributed by atoms with Gasteiger partial charge in [-0.1, -0.05) is 12.2 Å². The van der Waals surface area contributed by atoms with Gasteiger partial charge in [0.2, 0.25) is 0 Å². The molecule has 0 saturated heterocycles. The fourth-order valence-electron chi connectivity index (χ4n) is 2.25. The minimum absolute atomic E-state index is 0.628. The summed E-state index contributed by atoms with van der Waals surface area (Å²) in [6, 6.07) is 5.95. The van der Waals surface area contributed by atoms with Crippen molar-refractivity contribution in [3.8, 4) is 22.8 Å². The van der Waals surface area contributed by atoms with E-state index in [9.17, 15) is 0 Å². The quantitative estimate of drug-likeness (QED) is 0.815. The van der Waals surface area contributed by atoms with E-state index in [0.717, 1.165) is 40.6 Å². The topological polar surface area (TPSA) is 47.1 Å². The number of nitrogens with one attached hydrogen (secondary N) is 1. The summed E-state index contributed by atoms with van der Waals surface area (Å²) in [7, 11) is 0. The summed E-state index contributed by atoms with van der Waals surface area (Å²) in [5, 5.41) is 0. The molecule has 0 saturated carbocycles. The van der Waals surface area contributed by atoms with Crippen molar-refractivity contribution in [3.63, 3.8) is 0 Å². The molecule has 5 heteroatoms. The highest BCUT2D eigenvalue weighted by molar-refractivity contribution is 7.71. The second kappa shape index (κ2) is 5.25. The Morgan fingerprint density at radius 3 is 2.70 bits per heavy atom. The lowest BCUT2D eigenvalue weighted by molar-refractivity contribution is 0.297. The van der Waals surface area contributed by atoms with Crippen LogP contribution in [0.2, 0.25) is 0 Å². The lowest BCUT2D eigenvalue weighted by Gasteiger charge is -2.11. The zero-order valence-corrected chi connectivity index (χ0v) is 12.3. The predicted molar refractivity (Wildman–Crippen MR) is 79.9 cm³/mol. The van der Waals surface area contributed by atoms with E-state index < -0.39 is 0 Å². The fraction of sp³-hybridized carbons (Fsp3) is 0.333. The number of fused-ring (bicyclic) bond motifs is 1. The van der Waals surface area contributed by atoms with Crippen LogP contribution in [0.4, 0.5) is 0 Å². The number of H-pyrrole nitrogens is 1. The summed E-state index contributed by atoms with van der Waals surface area (Å²) in [5.74, 6) is 2.39. The Bertz CT molecular complexity index is 710. The summed E-state index contributed by atoms with van der Waals surface area (Å²) in [4.78, 5) is 7.55. The molecule has 1 aliphatic heterocycles. The zero-order chi connectivity index (χ0) is 14.1. The van der Waals surface area contributed by atoms with E-state index in [1.165, 1.54) is 0 Å². The molecule has 0 aliphatic carbocycles. The first-order valence-electron chi connectivity index (χ1n) is 6.62. The van der Waals surface area contributed by atoms with Crippen LogP contribution in [0.15, 0.2) is 18.2 Å². The first kappa shape index (κ1) is 13.1. The molecule has 0 unspecified atom stereocenters. The molecule has 0 atom stereocenters. The molecule has 20 heavy (non-hydrogen) atoms. The average Bonchev–Trinajstić information content (AvgIpc) is 2.67. The number of hydrogen-bond acceptors (Lipinski definition) is 4. The fourth-order valence-corrected chi connectivity index (χ4v) is 2.49. The van der Waals surface area contributed by atoms with Gasteiger partial charge in [-0.3, -0.25) is 0 Å². The first-order valence-corrected chi connectivity index (χ1v) is 7.03. The summed E-state index contributed by atoms with van der Waals surface area (Å²) < 4.78 is 12.0. The van der Waals surface area contributed by atoms with Gasteiger partial charge in [0.15, 0.2) is 11.5 Å². The van der Waals surface area contributed by atoms with Crippen molar-refractivity contribution < 1.29 is 9.47 Å². The van der Waals surface area contributed by atoms with Crippen LogP contribution in [0.5, 0.6) is 11.5 Å². The molecule has 104 valence electrons. The van der Waals surface area contributed by atoms with Crippen molar-refractivity contribution >= 4 is 12.2 Å². The summed E-state index contributed by atoms with van der Waals surface area (Å²) >= 11 is 5.28. The van der Waals surface area contributed by atoms with E-state index in [2.05, 4.69) is 9.97 Å². The number of ether oxygens (including phenoxy) is 2. The third-order valence-corrected chi connectivity index (χ3v) is 3.70. The van der Waals surface area contributed by atoms with Crippen LogP contribution in [0.3, 0.4) is 0 Å². The van der Waals surface area contributed by atoms with Crippen molar-refractivity contribution in [2.24, 2.45) is 0 Å². The van der Waals surface area contributed by atoms with Crippen molar-refractivity contribution in [3.05, 3.63) is 34.2 Å². The smallest absolute Gasteiger partial charge is 0.161 e. The number of aromatic amines is 1. The van der Waals surface area contributed by atoms with Crippen molar-refractivity contribution in [1.29, 1.82) is 0 Å². The molecule has 2 heterocycles. The van der Waals surface area contributed by atoms with Crippen LogP contribution >= 0.6 is 12.2 Å². The Kier molecular flexibility index (Phi) is 3.44. The summed E-state index contributed by atoms with van der Waals surface area (Å²) in [5.41, 5.74) is 2.99. The highest BCUT2D eigenvalue weighted by Crippen LogP contribution is 2.34. The molecule has 0 amide bonds.